The van der Waals surface area contributed by atoms with E-state index in [0.29, 0.717) is 49.9 Å². The minimum atomic E-state index is -0.284. The van der Waals surface area contributed by atoms with Gasteiger partial charge in [0.1, 0.15) is 6.54 Å². The lowest BCUT2D eigenvalue weighted by molar-refractivity contribution is -0.132. The molecule has 0 N–H and O–H groups in total. The number of rotatable bonds is 8. The van der Waals surface area contributed by atoms with E-state index < -0.39 is 0 Å². The van der Waals surface area contributed by atoms with Crippen molar-refractivity contribution in [2.24, 2.45) is 0 Å². The Morgan fingerprint density at radius 1 is 0.943 bits per heavy atom. The van der Waals surface area contributed by atoms with Gasteiger partial charge < -0.3 is 19.4 Å². The standard InChI is InChI=1S/C26H28ClN5O3/c1-35-18-17-32(26(34)21-9-5-6-10-22(21)27)19-25(33)31-15-13-30(14-16-31)24-12-11-23(28-29-24)20-7-3-2-4-8-20/h2-12H,13-19H2,1H3. The summed E-state index contributed by atoms with van der Waals surface area (Å²) in [7, 11) is 1.56. The number of carbonyl (C=O) groups is 2. The topological polar surface area (TPSA) is 78.9 Å². The molecule has 35 heavy (non-hydrogen) atoms. The maximum Gasteiger partial charge on any atom is 0.255 e. The number of amides is 2. The van der Waals surface area contributed by atoms with E-state index in [4.69, 9.17) is 16.3 Å². The van der Waals surface area contributed by atoms with Gasteiger partial charge in [0.2, 0.25) is 5.91 Å². The molecular formula is C26H28ClN5O3. The van der Waals surface area contributed by atoms with Gasteiger partial charge in [-0.2, -0.15) is 0 Å². The third kappa shape index (κ3) is 6.15. The van der Waals surface area contributed by atoms with Crippen LogP contribution in [0, 0.1) is 0 Å². The lowest BCUT2D eigenvalue weighted by Gasteiger charge is -2.36. The molecule has 2 heterocycles. The Labute approximate surface area is 210 Å². The summed E-state index contributed by atoms with van der Waals surface area (Å²) in [5, 5.41) is 9.11. The molecule has 9 heteroatoms. The molecule has 2 aromatic carbocycles. The van der Waals surface area contributed by atoms with Gasteiger partial charge in [0, 0.05) is 45.4 Å². The SMILES string of the molecule is COCCN(CC(=O)N1CCN(c2ccc(-c3ccccc3)nn2)CC1)C(=O)c1ccccc1Cl. The number of nitrogens with zero attached hydrogens (tertiary/aromatic N) is 5. The van der Waals surface area contributed by atoms with Gasteiger partial charge in [0.15, 0.2) is 5.82 Å². The molecule has 4 rings (SSSR count). The van der Waals surface area contributed by atoms with Crippen molar-refractivity contribution < 1.29 is 14.3 Å². The maximum absolute atomic E-state index is 13.0. The average molecular weight is 494 g/mol. The van der Waals surface area contributed by atoms with Crippen LogP contribution in [0.25, 0.3) is 11.3 Å². The first-order valence-corrected chi connectivity index (χ1v) is 11.9. The summed E-state index contributed by atoms with van der Waals surface area (Å²) in [5.74, 6) is 0.396. The van der Waals surface area contributed by atoms with Crippen molar-refractivity contribution in [3.05, 3.63) is 77.3 Å². The highest BCUT2D eigenvalue weighted by molar-refractivity contribution is 6.33. The monoisotopic (exact) mass is 493 g/mol. The Kier molecular flexibility index (Phi) is 8.28. The minimum absolute atomic E-state index is 0.0288. The van der Waals surface area contributed by atoms with Gasteiger partial charge in [0.25, 0.3) is 5.91 Å². The Hall–Kier alpha value is -3.49. The summed E-state index contributed by atoms with van der Waals surface area (Å²) in [4.78, 5) is 31.5. The smallest absolute Gasteiger partial charge is 0.255 e. The molecule has 1 aliphatic heterocycles. The molecule has 1 fully saturated rings. The highest BCUT2D eigenvalue weighted by Crippen LogP contribution is 2.20. The van der Waals surface area contributed by atoms with Crippen LogP contribution in [-0.4, -0.2) is 84.8 Å². The van der Waals surface area contributed by atoms with E-state index in [1.54, 1.807) is 36.3 Å². The van der Waals surface area contributed by atoms with Crippen molar-refractivity contribution in [3.8, 4) is 11.3 Å². The van der Waals surface area contributed by atoms with E-state index in [9.17, 15) is 9.59 Å². The molecule has 0 spiro atoms. The zero-order valence-corrected chi connectivity index (χ0v) is 20.4. The molecule has 0 unspecified atom stereocenters. The molecule has 0 atom stereocenters. The summed E-state index contributed by atoms with van der Waals surface area (Å²) in [6.07, 6.45) is 0. The maximum atomic E-state index is 13.0. The van der Waals surface area contributed by atoms with Gasteiger partial charge in [-0.3, -0.25) is 9.59 Å². The Balaban J connectivity index is 1.35. The number of hydrogen-bond donors (Lipinski definition) is 0. The highest BCUT2D eigenvalue weighted by Gasteiger charge is 2.26. The van der Waals surface area contributed by atoms with Crippen LogP contribution >= 0.6 is 11.6 Å². The van der Waals surface area contributed by atoms with Crippen LogP contribution in [0.4, 0.5) is 5.82 Å². The molecular weight excluding hydrogens is 466 g/mol. The second-order valence-corrected chi connectivity index (χ2v) is 8.62. The molecule has 2 amide bonds. The van der Waals surface area contributed by atoms with Crippen LogP contribution in [0.2, 0.25) is 5.02 Å². The van der Waals surface area contributed by atoms with Crippen LogP contribution in [-0.2, 0) is 9.53 Å². The van der Waals surface area contributed by atoms with Gasteiger partial charge >= 0.3 is 0 Å². The number of carbonyl (C=O) groups excluding carboxylic acids is 2. The fraction of sp³-hybridized carbons (Fsp3) is 0.308. The number of benzene rings is 2. The molecule has 1 aliphatic rings. The predicted octanol–water partition coefficient (Wildman–Crippen LogP) is 3.23. The zero-order valence-electron chi connectivity index (χ0n) is 19.6. The predicted molar refractivity (Wildman–Crippen MR) is 135 cm³/mol. The van der Waals surface area contributed by atoms with Crippen LogP contribution in [0.3, 0.4) is 0 Å². The number of ether oxygens (including phenoxy) is 1. The van der Waals surface area contributed by atoms with Crippen molar-refractivity contribution in [2.75, 3.05) is 57.9 Å². The second-order valence-electron chi connectivity index (χ2n) is 8.21. The van der Waals surface area contributed by atoms with Gasteiger partial charge in [-0.15, -0.1) is 10.2 Å². The van der Waals surface area contributed by atoms with E-state index in [0.717, 1.165) is 17.1 Å². The first-order chi connectivity index (χ1) is 17.1. The number of piperazine rings is 1. The van der Waals surface area contributed by atoms with Crippen LogP contribution in [0.1, 0.15) is 10.4 Å². The van der Waals surface area contributed by atoms with Crippen molar-refractivity contribution in [1.29, 1.82) is 0 Å². The summed E-state index contributed by atoms with van der Waals surface area (Å²) in [6, 6.07) is 20.7. The van der Waals surface area contributed by atoms with Crippen LogP contribution in [0.5, 0.6) is 0 Å². The van der Waals surface area contributed by atoms with Gasteiger partial charge in [-0.05, 0) is 24.3 Å². The number of anilines is 1. The largest absolute Gasteiger partial charge is 0.383 e. The molecule has 0 aliphatic carbocycles. The normalized spacial score (nSPS) is 13.5. The molecule has 1 aromatic heterocycles. The Bertz CT molecular complexity index is 1140. The fourth-order valence-corrected chi connectivity index (χ4v) is 4.18. The van der Waals surface area contributed by atoms with E-state index in [2.05, 4.69) is 15.1 Å². The van der Waals surface area contributed by atoms with Crippen molar-refractivity contribution in [2.45, 2.75) is 0 Å². The molecule has 3 aromatic rings. The number of hydrogen-bond acceptors (Lipinski definition) is 6. The third-order valence-corrected chi connectivity index (χ3v) is 6.29. The molecule has 8 nitrogen and oxygen atoms in total. The lowest BCUT2D eigenvalue weighted by Crippen LogP contribution is -2.52. The molecule has 1 saturated heterocycles. The van der Waals surface area contributed by atoms with Crippen LogP contribution in [0.15, 0.2) is 66.7 Å². The first kappa shape index (κ1) is 24.6. The Morgan fingerprint density at radius 3 is 2.31 bits per heavy atom. The lowest BCUT2D eigenvalue weighted by atomic mass is 10.1. The number of methoxy groups -OCH3 is 1. The summed E-state index contributed by atoms with van der Waals surface area (Å²) in [5.41, 5.74) is 2.22. The number of aromatic nitrogens is 2. The zero-order chi connectivity index (χ0) is 24.6. The van der Waals surface area contributed by atoms with E-state index in [1.165, 1.54) is 4.90 Å². The molecule has 0 saturated carbocycles. The molecule has 0 bridgehead atoms. The molecule has 182 valence electrons. The summed E-state index contributed by atoms with van der Waals surface area (Å²) in [6.45, 7) is 2.96. The first-order valence-electron chi connectivity index (χ1n) is 11.5. The van der Waals surface area contributed by atoms with E-state index >= 15 is 0 Å². The summed E-state index contributed by atoms with van der Waals surface area (Å²) >= 11 is 6.21. The van der Waals surface area contributed by atoms with Crippen molar-refractivity contribution >= 4 is 29.2 Å². The minimum Gasteiger partial charge on any atom is -0.383 e. The van der Waals surface area contributed by atoms with E-state index in [-0.39, 0.29) is 18.4 Å². The molecule has 0 radical (unpaired) electrons. The average Bonchev–Trinajstić information content (AvgIpc) is 2.91. The second kappa shape index (κ2) is 11.8. The highest BCUT2D eigenvalue weighted by atomic mass is 35.5. The van der Waals surface area contributed by atoms with E-state index in [1.807, 2.05) is 42.5 Å². The Morgan fingerprint density at radius 2 is 1.66 bits per heavy atom. The van der Waals surface area contributed by atoms with Crippen molar-refractivity contribution in [1.82, 2.24) is 20.0 Å². The van der Waals surface area contributed by atoms with Gasteiger partial charge in [0.05, 0.1) is 22.9 Å². The van der Waals surface area contributed by atoms with Crippen molar-refractivity contribution in [3.63, 3.8) is 0 Å². The quantitative estimate of drug-likeness (QED) is 0.479. The summed E-state index contributed by atoms with van der Waals surface area (Å²) < 4.78 is 5.14. The number of halogens is 1. The van der Waals surface area contributed by atoms with Gasteiger partial charge in [-0.25, -0.2) is 0 Å². The fourth-order valence-electron chi connectivity index (χ4n) is 3.96. The van der Waals surface area contributed by atoms with Crippen LogP contribution < -0.4 is 4.90 Å². The third-order valence-electron chi connectivity index (χ3n) is 5.96. The van der Waals surface area contributed by atoms with Gasteiger partial charge in [-0.1, -0.05) is 54.1 Å².